The van der Waals surface area contributed by atoms with Crippen LogP contribution in [-0.4, -0.2) is 63.3 Å². The van der Waals surface area contributed by atoms with E-state index in [-0.39, 0.29) is 18.1 Å². The third kappa shape index (κ3) is 4.93. The van der Waals surface area contributed by atoms with Gasteiger partial charge in [-0.25, -0.2) is 9.78 Å². The third-order valence-corrected chi connectivity index (χ3v) is 10.5. The first kappa shape index (κ1) is 24.3. The first-order valence-corrected chi connectivity index (χ1v) is 14.6. The summed E-state index contributed by atoms with van der Waals surface area (Å²) in [4.78, 5) is 31.6. The molecule has 6 fully saturated rings. The summed E-state index contributed by atoms with van der Waals surface area (Å²) in [6, 6.07) is 3.93. The van der Waals surface area contributed by atoms with Crippen LogP contribution < -0.4 is 10.2 Å². The van der Waals surface area contributed by atoms with E-state index in [4.69, 9.17) is 14.8 Å². The van der Waals surface area contributed by atoms with Gasteiger partial charge in [-0.15, -0.1) is 11.8 Å². The van der Waals surface area contributed by atoms with Crippen LogP contribution in [0.2, 0.25) is 0 Å². The van der Waals surface area contributed by atoms with Crippen molar-refractivity contribution in [3.8, 4) is 0 Å². The lowest BCUT2D eigenvalue weighted by Crippen LogP contribution is -2.61. The predicted octanol–water partition coefficient (Wildman–Crippen LogP) is 4.45. The second kappa shape index (κ2) is 9.71. The van der Waals surface area contributed by atoms with Crippen LogP contribution in [0.25, 0.3) is 0 Å². The van der Waals surface area contributed by atoms with Gasteiger partial charge in [-0.2, -0.15) is 0 Å². The second-order valence-electron chi connectivity index (χ2n) is 11.8. The summed E-state index contributed by atoms with van der Waals surface area (Å²) in [5.41, 5.74) is 0.125. The normalized spacial score (nSPS) is 35.7. The monoisotopic (exact) mass is 515 g/mol. The number of carboxylic acid groups (broad SMARTS) is 1. The van der Waals surface area contributed by atoms with E-state index in [9.17, 15) is 14.7 Å². The Hall–Kier alpha value is -2.00. The molecular formula is C27H37N3O5S. The zero-order valence-corrected chi connectivity index (χ0v) is 21.5. The highest BCUT2D eigenvalue weighted by atomic mass is 32.2. The first-order valence-electron chi connectivity index (χ1n) is 13.7. The van der Waals surface area contributed by atoms with E-state index in [0.717, 1.165) is 55.8 Å². The van der Waals surface area contributed by atoms with Crippen LogP contribution in [0.5, 0.6) is 0 Å². The van der Waals surface area contributed by atoms with Crippen molar-refractivity contribution < 1.29 is 24.5 Å². The molecule has 0 radical (unpaired) electrons. The summed E-state index contributed by atoms with van der Waals surface area (Å²) in [5.74, 6) is 2.06. The smallest absolute Gasteiger partial charge is 0.450 e. The second-order valence-corrected chi connectivity index (χ2v) is 13.1. The van der Waals surface area contributed by atoms with Gasteiger partial charge in [0.1, 0.15) is 16.9 Å². The average Bonchev–Trinajstić information content (AvgIpc) is 3.29. The molecule has 5 saturated carbocycles. The fourth-order valence-corrected chi connectivity index (χ4v) is 9.15. The van der Waals surface area contributed by atoms with Crippen LogP contribution in [0.4, 0.5) is 10.6 Å². The maximum atomic E-state index is 13.7. The maximum absolute atomic E-state index is 13.7. The van der Waals surface area contributed by atoms with E-state index in [2.05, 4.69) is 10.2 Å². The van der Waals surface area contributed by atoms with Crippen molar-refractivity contribution in [3.63, 3.8) is 0 Å². The predicted molar refractivity (Wildman–Crippen MR) is 136 cm³/mol. The highest BCUT2D eigenvalue weighted by Gasteiger charge is 2.55. The number of ether oxygens (including phenoxy) is 1. The van der Waals surface area contributed by atoms with Crippen LogP contribution >= 0.6 is 11.8 Å². The van der Waals surface area contributed by atoms with Crippen LogP contribution in [0.15, 0.2) is 17.2 Å². The molecule has 196 valence electrons. The minimum Gasteiger partial charge on any atom is -0.450 e. The molecule has 1 aromatic rings. The Morgan fingerprint density at radius 2 is 1.83 bits per heavy atom. The minimum atomic E-state index is -1.24. The zero-order chi connectivity index (χ0) is 24.9. The molecule has 7 rings (SSSR count). The summed E-state index contributed by atoms with van der Waals surface area (Å²) in [6.07, 6.45) is 9.80. The number of hydrogen-bond donors (Lipinski definition) is 3. The number of thioether (sulfide) groups is 1. The van der Waals surface area contributed by atoms with Gasteiger partial charge in [0.25, 0.3) is 5.91 Å². The van der Waals surface area contributed by atoms with Crippen LogP contribution in [0.1, 0.15) is 81.0 Å². The van der Waals surface area contributed by atoms with Crippen molar-refractivity contribution in [3.05, 3.63) is 17.7 Å². The Kier molecular flexibility index (Phi) is 6.56. The molecular weight excluding hydrogens is 478 g/mol. The standard InChI is InChI=1S/C27H37N3O5S/c31-24(29-23-17-10-16-11-18(23)14-27(34,12-16)13-17)21-6-7-22(30-9-8-19(15-30)35-26(32)33)28-25(21)36-20-4-2-1-3-5-20/h6-7,16-20,23,34H,1-5,8-15H2,(H,29,31)(H,32,33)/t16?,17?,18?,19-,23?,27?/m1/s1. The molecule has 1 saturated heterocycles. The highest BCUT2D eigenvalue weighted by Crippen LogP contribution is 2.55. The Morgan fingerprint density at radius 3 is 2.53 bits per heavy atom. The maximum Gasteiger partial charge on any atom is 0.506 e. The minimum absolute atomic E-state index is 0.0506. The molecule has 36 heavy (non-hydrogen) atoms. The molecule has 0 spiro atoms. The van der Waals surface area contributed by atoms with Gasteiger partial charge in [0.05, 0.1) is 17.7 Å². The number of carbonyl (C=O) groups is 2. The van der Waals surface area contributed by atoms with Crippen molar-refractivity contribution in [2.24, 2.45) is 17.8 Å². The molecule has 9 heteroatoms. The number of nitrogens with one attached hydrogen (secondary N) is 1. The zero-order valence-electron chi connectivity index (χ0n) is 20.7. The number of aromatic nitrogens is 1. The molecule has 8 nitrogen and oxygen atoms in total. The van der Waals surface area contributed by atoms with Gasteiger partial charge in [0.2, 0.25) is 0 Å². The van der Waals surface area contributed by atoms with Crippen molar-refractivity contribution in [1.82, 2.24) is 10.3 Å². The van der Waals surface area contributed by atoms with Crippen LogP contribution in [-0.2, 0) is 4.74 Å². The number of amides is 1. The summed E-state index contributed by atoms with van der Waals surface area (Å²) in [5, 5.41) is 24.5. The van der Waals surface area contributed by atoms with E-state index in [1.807, 2.05) is 12.1 Å². The molecule has 1 aliphatic heterocycles. The number of hydrogen-bond acceptors (Lipinski definition) is 7. The van der Waals surface area contributed by atoms with Gasteiger partial charge in [-0.3, -0.25) is 4.79 Å². The summed E-state index contributed by atoms with van der Waals surface area (Å²) >= 11 is 1.73. The van der Waals surface area contributed by atoms with Gasteiger partial charge >= 0.3 is 6.16 Å². The van der Waals surface area contributed by atoms with Gasteiger partial charge in [0.15, 0.2) is 0 Å². The first-order chi connectivity index (χ1) is 17.3. The van der Waals surface area contributed by atoms with E-state index in [0.29, 0.717) is 48.1 Å². The van der Waals surface area contributed by atoms with Crippen molar-refractivity contribution in [1.29, 1.82) is 0 Å². The number of nitrogens with zero attached hydrogens (tertiary/aromatic N) is 2. The lowest BCUT2D eigenvalue weighted by Gasteiger charge is -2.58. The molecule has 2 unspecified atom stereocenters. The Morgan fingerprint density at radius 1 is 1.08 bits per heavy atom. The SMILES string of the molecule is O=C(O)O[C@@H]1CCN(c2ccc(C(=O)NC3C4CC5CC3CC(O)(C5)C4)c(SC3CCCCC3)n2)C1. The molecule has 1 aromatic heterocycles. The van der Waals surface area contributed by atoms with Crippen LogP contribution in [0, 0.1) is 17.8 Å². The fourth-order valence-electron chi connectivity index (χ4n) is 7.83. The van der Waals surface area contributed by atoms with E-state index < -0.39 is 11.8 Å². The molecule has 3 N–H and O–H groups in total. The van der Waals surface area contributed by atoms with Crippen molar-refractivity contribution in [2.45, 2.75) is 98.7 Å². The molecule has 0 aromatic carbocycles. The molecule has 3 atom stereocenters. The fraction of sp³-hybridized carbons (Fsp3) is 0.741. The Labute approximate surface area is 216 Å². The molecule has 5 aliphatic carbocycles. The van der Waals surface area contributed by atoms with E-state index in [1.54, 1.807) is 11.8 Å². The molecule has 6 aliphatic rings. The number of pyridine rings is 1. The largest absolute Gasteiger partial charge is 0.506 e. The highest BCUT2D eigenvalue weighted by molar-refractivity contribution is 7.99. The summed E-state index contributed by atoms with van der Waals surface area (Å²) in [7, 11) is 0. The van der Waals surface area contributed by atoms with E-state index >= 15 is 0 Å². The molecule has 2 heterocycles. The quantitative estimate of drug-likeness (QED) is 0.477. The Balaban J connectivity index is 1.21. The lowest BCUT2D eigenvalue weighted by molar-refractivity contribution is -0.136. The number of rotatable bonds is 6. The van der Waals surface area contributed by atoms with Gasteiger partial charge in [-0.05, 0) is 74.8 Å². The lowest BCUT2D eigenvalue weighted by atomic mass is 9.52. The molecule has 4 bridgehead atoms. The third-order valence-electron chi connectivity index (χ3n) is 9.20. The van der Waals surface area contributed by atoms with Gasteiger partial charge < -0.3 is 25.2 Å². The topological polar surface area (TPSA) is 112 Å². The van der Waals surface area contributed by atoms with Crippen molar-refractivity contribution >= 4 is 29.6 Å². The number of anilines is 1. The molecule has 1 amide bonds. The van der Waals surface area contributed by atoms with Crippen molar-refractivity contribution in [2.75, 3.05) is 18.0 Å². The summed E-state index contributed by atoms with van der Waals surface area (Å²) in [6.45, 7) is 1.16. The van der Waals surface area contributed by atoms with Gasteiger partial charge in [-0.1, -0.05) is 19.3 Å². The van der Waals surface area contributed by atoms with Gasteiger partial charge in [0, 0.05) is 24.3 Å². The number of aliphatic hydroxyl groups is 1. The van der Waals surface area contributed by atoms with Crippen LogP contribution in [0.3, 0.4) is 0 Å². The van der Waals surface area contributed by atoms with E-state index in [1.165, 1.54) is 19.3 Å². The summed E-state index contributed by atoms with van der Waals surface area (Å²) < 4.78 is 4.98. The number of carbonyl (C=O) groups excluding carboxylic acids is 1. The Bertz CT molecular complexity index is 999. The average molecular weight is 516 g/mol.